The number of anilines is 2. The van der Waals surface area contributed by atoms with Gasteiger partial charge in [0.2, 0.25) is 0 Å². The molecule has 2 aromatic carbocycles. The van der Waals surface area contributed by atoms with Crippen LogP contribution in [0.15, 0.2) is 36.4 Å². The van der Waals surface area contributed by atoms with Crippen LogP contribution in [0.5, 0.6) is 0 Å². The molecule has 0 fully saturated rings. The molecule has 0 saturated heterocycles. The number of aryl methyl sites for hydroxylation is 1. The average Bonchev–Trinajstić information content (AvgIpc) is 2.75. The van der Waals surface area contributed by atoms with E-state index in [1.807, 2.05) is 19.1 Å². The number of aromatic nitrogens is 1. The van der Waals surface area contributed by atoms with Crippen molar-refractivity contribution >= 4 is 44.0 Å². The van der Waals surface area contributed by atoms with Crippen molar-refractivity contribution < 1.29 is 4.39 Å². The average molecular weight is 293 g/mol. The molecule has 19 heavy (non-hydrogen) atoms. The van der Waals surface area contributed by atoms with Crippen molar-refractivity contribution in [2.75, 3.05) is 5.32 Å². The first-order chi connectivity index (χ1) is 9.11. The second-order valence-corrected chi connectivity index (χ2v) is 5.71. The fourth-order valence-corrected chi connectivity index (χ4v) is 2.83. The molecule has 0 aliphatic rings. The van der Waals surface area contributed by atoms with Crippen LogP contribution in [-0.4, -0.2) is 4.98 Å². The van der Waals surface area contributed by atoms with Gasteiger partial charge in [0, 0.05) is 5.02 Å². The Morgan fingerprint density at radius 1 is 1.21 bits per heavy atom. The quantitative estimate of drug-likeness (QED) is 0.707. The summed E-state index contributed by atoms with van der Waals surface area (Å²) in [5, 5.41) is 4.31. The molecule has 0 aliphatic carbocycles. The highest BCUT2D eigenvalue weighted by atomic mass is 35.5. The van der Waals surface area contributed by atoms with Crippen molar-refractivity contribution in [1.82, 2.24) is 4.98 Å². The third-order valence-electron chi connectivity index (χ3n) is 2.71. The number of fused-ring (bicyclic) bond motifs is 1. The second-order valence-electron chi connectivity index (χ2n) is 4.24. The molecule has 0 aliphatic heterocycles. The first-order valence-corrected chi connectivity index (χ1v) is 6.90. The zero-order valence-corrected chi connectivity index (χ0v) is 11.6. The lowest BCUT2D eigenvalue weighted by Crippen LogP contribution is -1.93. The van der Waals surface area contributed by atoms with Crippen LogP contribution in [0.4, 0.5) is 15.2 Å². The molecule has 2 nitrogen and oxygen atoms in total. The fraction of sp³-hybridized carbons (Fsp3) is 0.0714. The van der Waals surface area contributed by atoms with Crippen LogP contribution in [0.1, 0.15) is 5.56 Å². The zero-order valence-electron chi connectivity index (χ0n) is 10.1. The topological polar surface area (TPSA) is 24.9 Å². The van der Waals surface area contributed by atoms with E-state index in [4.69, 9.17) is 11.6 Å². The number of hydrogen-bond donors (Lipinski definition) is 1. The molecule has 1 N–H and O–H groups in total. The molecule has 0 saturated carbocycles. The van der Waals surface area contributed by atoms with Crippen molar-refractivity contribution in [3.63, 3.8) is 0 Å². The monoisotopic (exact) mass is 292 g/mol. The van der Waals surface area contributed by atoms with Crippen LogP contribution < -0.4 is 5.32 Å². The number of nitrogens with zero attached hydrogens (tertiary/aromatic N) is 1. The molecule has 0 amide bonds. The number of benzene rings is 2. The van der Waals surface area contributed by atoms with E-state index in [-0.39, 0.29) is 5.82 Å². The molecule has 0 radical (unpaired) electrons. The summed E-state index contributed by atoms with van der Waals surface area (Å²) in [6, 6.07) is 10.5. The van der Waals surface area contributed by atoms with Crippen LogP contribution >= 0.6 is 22.9 Å². The minimum atomic E-state index is -0.289. The van der Waals surface area contributed by atoms with Crippen LogP contribution in [0, 0.1) is 12.7 Å². The van der Waals surface area contributed by atoms with E-state index in [2.05, 4.69) is 10.3 Å². The highest BCUT2D eigenvalue weighted by Gasteiger charge is 2.07. The third-order valence-corrected chi connectivity index (χ3v) is 3.90. The van der Waals surface area contributed by atoms with E-state index in [9.17, 15) is 4.39 Å². The lowest BCUT2D eigenvalue weighted by atomic mass is 10.2. The Morgan fingerprint density at radius 3 is 2.89 bits per heavy atom. The maximum absolute atomic E-state index is 13.7. The van der Waals surface area contributed by atoms with Gasteiger partial charge in [0.25, 0.3) is 0 Å². The summed E-state index contributed by atoms with van der Waals surface area (Å²) in [4.78, 5) is 4.40. The fourth-order valence-electron chi connectivity index (χ4n) is 1.80. The lowest BCUT2D eigenvalue weighted by molar-refractivity contribution is 0.631. The molecule has 1 heterocycles. The van der Waals surface area contributed by atoms with E-state index < -0.39 is 0 Å². The van der Waals surface area contributed by atoms with Gasteiger partial charge in [0.05, 0.1) is 15.9 Å². The highest BCUT2D eigenvalue weighted by molar-refractivity contribution is 7.22. The van der Waals surface area contributed by atoms with Gasteiger partial charge in [-0.2, -0.15) is 0 Å². The van der Waals surface area contributed by atoms with E-state index in [1.54, 1.807) is 18.2 Å². The van der Waals surface area contributed by atoms with Gasteiger partial charge in [-0.15, -0.1) is 0 Å². The summed E-state index contributed by atoms with van der Waals surface area (Å²) in [5.41, 5.74) is 2.24. The third kappa shape index (κ3) is 2.55. The molecule has 0 unspecified atom stereocenters. The molecular formula is C14H10ClFN2S. The molecule has 0 atom stereocenters. The lowest BCUT2D eigenvalue weighted by Gasteiger charge is -2.04. The molecular weight excluding hydrogens is 283 g/mol. The van der Waals surface area contributed by atoms with Crippen LogP contribution in [-0.2, 0) is 0 Å². The maximum atomic E-state index is 13.7. The molecule has 1 aromatic heterocycles. The Bertz CT molecular complexity index is 754. The molecule has 3 aromatic rings. The molecule has 3 rings (SSSR count). The summed E-state index contributed by atoms with van der Waals surface area (Å²) >= 11 is 7.39. The Hall–Kier alpha value is -1.65. The van der Waals surface area contributed by atoms with Gasteiger partial charge in [-0.1, -0.05) is 29.0 Å². The number of hydrogen-bond acceptors (Lipinski definition) is 3. The van der Waals surface area contributed by atoms with E-state index in [1.165, 1.54) is 17.4 Å². The predicted octanol–water partition coefficient (Wildman–Crippen LogP) is 5.14. The smallest absolute Gasteiger partial charge is 0.188 e. The zero-order chi connectivity index (χ0) is 13.4. The Kier molecular flexibility index (Phi) is 3.12. The van der Waals surface area contributed by atoms with Crippen molar-refractivity contribution in [1.29, 1.82) is 0 Å². The van der Waals surface area contributed by atoms with Gasteiger partial charge in [0.15, 0.2) is 5.13 Å². The minimum absolute atomic E-state index is 0.289. The van der Waals surface area contributed by atoms with Gasteiger partial charge in [-0.3, -0.25) is 0 Å². The van der Waals surface area contributed by atoms with Crippen LogP contribution in [0.3, 0.4) is 0 Å². The van der Waals surface area contributed by atoms with Gasteiger partial charge in [-0.25, -0.2) is 9.37 Å². The Labute approximate surface area is 118 Å². The number of rotatable bonds is 2. The summed E-state index contributed by atoms with van der Waals surface area (Å²) in [5.74, 6) is -0.289. The van der Waals surface area contributed by atoms with Crippen molar-refractivity contribution in [2.24, 2.45) is 0 Å². The van der Waals surface area contributed by atoms with Gasteiger partial charge < -0.3 is 5.32 Å². The molecule has 5 heteroatoms. The van der Waals surface area contributed by atoms with E-state index in [0.717, 1.165) is 15.8 Å². The van der Waals surface area contributed by atoms with Crippen molar-refractivity contribution in [3.8, 4) is 0 Å². The molecule has 0 spiro atoms. The molecule has 0 bridgehead atoms. The van der Waals surface area contributed by atoms with Crippen molar-refractivity contribution in [3.05, 3.63) is 52.8 Å². The largest absolute Gasteiger partial charge is 0.329 e. The number of nitrogens with one attached hydrogen (secondary N) is 1. The van der Waals surface area contributed by atoms with Gasteiger partial charge >= 0.3 is 0 Å². The standard InChI is InChI=1S/C14H10ClFN2S/c1-8-2-4-10(16)11(6-8)17-14-18-12-7-9(15)3-5-13(12)19-14/h2-7H,1H3,(H,17,18). The summed E-state index contributed by atoms with van der Waals surface area (Å²) in [7, 11) is 0. The van der Waals surface area contributed by atoms with Crippen LogP contribution in [0.2, 0.25) is 5.02 Å². The van der Waals surface area contributed by atoms with Crippen molar-refractivity contribution in [2.45, 2.75) is 6.92 Å². The van der Waals surface area contributed by atoms with E-state index in [0.29, 0.717) is 15.8 Å². The summed E-state index contributed by atoms with van der Waals surface area (Å²) < 4.78 is 14.7. The number of thiazole rings is 1. The Morgan fingerprint density at radius 2 is 2.05 bits per heavy atom. The highest BCUT2D eigenvalue weighted by Crippen LogP contribution is 2.30. The van der Waals surface area contributed by atoms with Gasteiger partial charge in [-0.05, 0) is 42.8 Å². The first kappa shape index (κ1) is 12.4. The summed E-state index contributed by atoms with van der Waals surface area (Å²) in [6.07, 6.45) is 0. The van der Waals surface area contributed by atoms with Gasteiger partial charge in [0.1, 0.15) is 5.82 Å². The van der Waals surface area contributed by atoms with Crippen LogP contribution in [0.25, 0.3) is 10.2 Å². The maximum Gasteiger partial charge on any atom is 0.188 e. The first-order valence-electron chi connectivity index (χ1n) is 5.71. The van der Waals surface area contributed by atoms with E-state index >= 15 is 0 Å². The SMILES string of the molecule is Cc1ccc(F)c(Nc2nc3cc(Cl)ccc3s2)c1. The molecule has 96 valence electrons. The minimum Gasteiger partial charge on any atom is -0.329 e. The number of halogens is 2. The normalized spacial score (nSPS) is 10.9. The predicted molar refractivity (Wildman–Crippen MR) is 79.0 cm³/mol. The Balaban J connectivity index is 1.98. The second kappa shape index (κ2) is 4.79. The summed E-state index contributed by atoms with van der Waals surface area (Å²) in [6.45, 7) is 1.92.